The van der Waals surface area contributed by atoms with Gasteiger partial charge >= 0.3 is 0 Å². The van der Waals surface area contributed by atoms with Crippen molar-refractivity contribution < 1.29 is 19.0 Å². The molecule has 1 N–H and O–H groups in total. The number of carbonyl (C=O) groups is 1. The van der Waals surface area contributed by atoms with E-state index in [1.807, 2.05) is 24.3 Å². The number of hydrogen-bond donors (Lipinski definition) is 1. The van der Waals surface area contributed by atoms with Crippen LogP contribution in [0.25, 0.3) is 0 Å². The molecule has 1 aliphatic heterocycles. The van der Waals surface area contributed by atoms with E-state index in [4.69, 9.17) is 14.2 Å². The highest BCUT2D eigenvalue weighted by Crippen LogP contribution is 2.20. The third-order valence-corrected chi connectivity index (χ3v) is 3.69. The predicted octanol–water partition coefficient (Wildman–Crippen LogP) is 2.79. The van der Waals surface area contributed by atoms with Gasteiger partial charge in [-0.3, -0.25) is 4.79 Å². The average molecular weight is 321 g/mol. The highest BCUT2D eigenvalue weighted by atomic mass is 16.5. The molecule has 0 spiro atoms. The summed E-state index contributed by atoms with van der Waals surface area (Å²) in [4.78, 5) is 11.8. The van der Waals surface area contributed by atoms with Crippen LogP contribution in [0.1, 0.15) is 33.1 Å². The summed E-state index contributed by atoms with van der Waals surface area (Å²) >= 11 is 0. The quantitative estimate of drug-likeness (QED) is 0.760. The van der Waals surface area contributed by atoms with Crippen LogP contribution in [0.2, 0.25) is 0 Å². The molecule has 5 heteroatoms. The van der Waals surface area contributed by atoms with Crippen molar-refractivity contribution in [3.63, 3.8) is 0 Å². The molecule has 23 heavy (non-hydrogen) atoms. The van der Waals surface area contributed by atoms with E-state index in [9.17, 15) is 4.79 Å². The topological polar surface area (TPSA) is 56.8 Å². The van der Waals surface area contributed by atoms with Crippen molar-refractivity contribution in [2.45, 2.75) is 39.2 Å². The van der Waals surface area contributed by atoms with E-state index in [0.29, 0.717) is 24.8 Å². The first-order valence-corrected chi connectivity index (χ1v) is 8.37. The number of nitrogens with one attached hydrogen (secondary N) is 1. The Kier molecular flexibility index (Phi) is 7.20. The first-order chi connectivity index (χ1) is 11.1. The van der Waals surface area contributed by atoms with E-state index in [0.717, 1.165) is 31.6 Å². The molecule has 1 heterocycles. The van der Waals surface area contributed by atoms with E-state index in [1.165, 1.54) is 0 Å². The van der Waals surface area contributed by atoms with Crippen molar-refractivity contribution in [1.82, 2.24) is 5.32 Å². The minimum atomic E-state index is -0.133. The highest BCUT2D eigenvalue weighted by Gasteiger charge is 2.16. The molecule has 0 bridgehead atoms. The van der Waals surface area contributed by atoms with Crippen LogP contribution in [0.4, 0.5) is 0 Å². The molecule has 1 atom stereocenters. The number of amides is 1. The van der Waals surface area contributed by atoms with Crippen molar-refractivity contribution >= 4 is 5.91 Å². The van der Waals surface area contributed by atoms with Gasteiger partial charge in [-0.05, 0) is 37.3 Å². The summed E-state index contributed by atoms with van der Waals surface area (Å²) in [6, 6.07) is 7.39. The lowest BCUT2D eigenvalue weighted by atomic mass is 10.1. The average Bonchev–Trinajstić information content (AvgIpc) is 3.04. The van der Waals surface area contributed by atoms with Gasteiger partial charge in [-0.15, -0.1) is 0 Å². The number of hydrogen-bond acceptors (Lipinski definition) is 4. The van der Waals surface area contributed by atoms with Gasteiger partial charge in [0.25, 0.3) is 5.91 Å². The Bertz CT molecular complexity index is 484. The minimum Gasteiger partial charge on any atom is -0.493 e. The lowest BCUT2D eigenvalue weighted by Gasteiger charge is -2.12. The van der Waals surface area contributed by atoms with Gasteiger partial charge in [0, 0.05) is 19.2 Å². The van der Waals surface area contributed by atoms with Crippen molar-refractivity contribution in [2.24, 2.45) is 5.92 Å². The van der Waals surface area contributed by atoms with Crippen LogP contribution < -0.4 is 14.8 Å². The molecule has 1 unspecified atom stereocenters. The maximum Gasteiger partial charge on any atom is 0.258 e. The lowest BCUT2D eigenvalue weighted by Crippen LogP contribution is -2.35. The molecule has 128 valence electrons. The zero-order valence-electron chi connectivity index (χ0n) is 14.0. The van der Waals surface area contributed by atoms with Gasteiger partial charge in [-0.2, -0.15) is 0 Å². The monoisotopic (exact) mass is 321 g/mol. The summed E-state index contributed by atoms with van der Waals surface area (Å²) in [5.41, 5.74) is 0. The first kappa shape index (κ1) is 17.6. The van der Waals surface area contributed by atoms with E-state index >= 15 is 0 Å². The summed E-state index contributed by atoms with van der Waals surface area (Å²) in [5.74, 6) is 1.89. The van der Waals surface area contributed by atoms with Crippen molar-refractivity contribution in [3.05, 3.63) is 24.3 Å². The Morgan fingerprint density at radius 2 is 2.13 bits per heavy atom. The largest absolute Gasteiger partial charge is 0.493 e. The summed E-state index contributed by atoms with van der Waals surface area (Å²) in [6.45, 7) is 6.36. The van der Waals surface area contributed by atoms with Gasteiger partial charge < -0.3 is 19.5 Å². The van der Waals surface area contributed by atoms with Crippen LogP contribution in [-0.2, 0) is 9.53 Å². The zero-order chi connectivity index (χ0) is 16.5. The molecule has 1 aromatic carbocycles. The van der Waals surface area contributed by atoms with Gasteiger partial charge in [-0.25, -0.2) is 0 Å². The molecule has 2 rings (SSSR count). The molecule has 1 saturated heterocycles. The van der Waals surface area contributed by atoms with Crippen LogP contribution >= 0.6 is 0 Å². The Morgan fingerprint density at radius 3 is 2.83 bits per heavy atom. The number of carbonyl (C=O) groups excluding carboxylic acids is 1. The van der Waals surface area contributed by atoms with Gasteiger partial charge in [0.2, 0.25) is 0 Å². The van der Waals surface area contributed by atoms with E-state index in [2.05, 4.69) is 19.2 Å². The second-order valence-electron chi connectivity index (χ2n) is 6.23. The molecule has 0 aliphatic carbocycles. The Hall–Kier alpha value is -1.75. The Labute approximate surface area is 138 Å². The van der Waals surface area contributed by atoms with Gasteiger partial charge in [0.1, 0.15) is 11.5 Å². The third-order valence-electron chi connectivity index (χ3n) is 3.69. The Morgan fingerprint density at radius 1 is 1.35 bits per heavy atom. The van der Waals surface area contributed by atoms with E-state index in [1.54, 1.807) is 0 Å². The smallest absolute Gasteiger partial charge is 0.258 e. The molecule has 1 amide bonds. The molecule has 1 fully saturated rings. The van der Waals surface area contributed by atoms with Crippen LogP contribution in [0, 0.1) is 5.92 Å². The summed E-state index contributed by atoms with van der Waals surface area (Å²) < 4.78 is 16.7. The fraction of sp³-hybridized carbons (Fsp3) is 0.611. The molecular weight excluding hydrogens is 294 g/mol. The molecule has 1 aliphatic rings. The SMILES string of the molecule is CC(C)CCOc1cccc(OCC(=O)NCC2CCCO2)c1. The van der Waals surface area contributed by atoms with Crippen LogP contribution in [-0.4, -0.2) is 38.4 Å². The molecular formula is C18H27NO4. The summed E-state index contributed by atoms with van der Waals surface area (Å²) in [5, 5.41) is 2.84. The minimum absolute atomic E-state index is 0.00215. The molecule has 1 aromatic rings. The normalized spacial score (nSPS) is 17.3. The summed E-state index contributed by atoms with van der Waals surface area (Å²) in [6.07, 6.45) is 3.24. The molecule has 0 saturated carbocycles. The second kappa shape index (κ2) is 9.40. The third kappa shape index (κ3) is 6.91. The standard InChI is InChI=1S/C18H27NO4/c1-14(2)8-10-22-15-5-3-6-16(11-15)23-13-18(20)19-12-17-7-4-9-21-17/h3,5-6,11,14,17H,4,7-10,12-13H2,1-2H3,(H,19,20). The van der Waals surface area contributed by atoms with Crippen LogP contribution in [0.5, 0.6) is 11.5 Å². The lowest BCUT2D eigenvalue weighted by molar-refractivity contribution is -0.123. The van der Waals surface area contributed by atoms with Crippen LogP contribution in [0.15, 0.2) is 24.3 Å². The van der Waals surface area contributed by atoms with Gasteiger partial charge in [0.15, 0.2) is 6.61 Å². The fourth-order valence-electron chi connectivity index (χ4n) is 2.30. The molecule has 0 aromatic heterocycles. The fourth-order valence-corrected chi connectivity index (χ4v) is 2.30. The highest BCUT2D eigenvalue weighted by molar-refractivity contribution is 5.77. The first-order valence-electron chi connectivity index (χ1n) is 8.37. The van der Waals surface area contributed by atoms with Gasteiger partial charge in [-0.1, -0.05) is 19.9 Å². The Balaban J connectivity index is 1.68. The second-order valence-corrected chi connectivity index (χ2v) is 6.23. The van der Waals surface area contributed by atoms with E-state index < -0.39 is 0 Å². The maximum atomic E-state index is 11.8. The number of benzene rings is 1. The van der Waals surface area contributed by atoms with Crippen molar-refractivity contribution in [1.29, 1.82) is 0 Å². The molecule has 0 radical (unpaired) electrons. The maximum absolute atomic E-state index is 11.8. The number of rotatable bonds is 9. The van der Waals surface area contributed by atoms with Gasteiger partial charge in [0.05, 0.1) is 12.7 Å². The molecule has 5 nitrogen and oxygen atoms in total. The van der Waals surface area contributed by atoms with Crippen molar-refractivity contribution in [2.75, 3.05) is 26.4 Å². The predicted molar refractivity (Wildman–Crippen MR) is 88.9 cm³/mol. The van der Waals surface area contributed by atoms with Crippen molar-refractivity contribution in [3.8, 4) is 11.5 Å². The van der Waals surface area contributed by atoms with E-state index in [-0.39, 0.29) is 18.6 Å². The number of ether oxygens (including phenoxy) is 3. The van der Waals surface area contributed by atoms with Crippen LogP contribution in [0.3, 0.4) is 0 Å². The summed E-state index contributed by atoms with van der Waals surface area (Å²) in [7, 11) is 0. The zero-order valence-corrected chi connectivity index (χ0v) is 14.0.